The summed E-state index contributed by atoms with van der Waals surface area (Å²) in [4.78, 5) is 29.7. The molecule has 3 rings (SSSR count). The Hall–Kier alpha value is -1.30. The van der Waals surface area contributed by atoms with Crippen LogP contribution in [-0.4, -0.2) is 66.3 Å². The summed E-state index contributed by atoms with van der Waals surface area (Å²) in [5.74, 6) is 0.395. The molecule has 3 aliphatic rings. The third-order valence-electron chi connectivity index (χ3n) is 6.78. The predicted octanol–water partition coefficient (Wildman–Crippen LogP) is 4.22. The molecular formula is C23H40N2O4. The van der Waals surface area contributed by atoms with Crippen LogP contribution < -0.4 is 0 Å². The molecule has 29 heavy (non-hydrogen) atoms. The van der Waals surface area contributed by atoms with Crippen LogP contribution in [0.3, 0.4) is 0 Å². The summed E-state index contributed by atoms with van der Waals surface area (Å²) < 4.78 is 11.2. The van der Waals surface area contributed by atoms with Gasteiger partial charge in [0.15, 0.2) is 0 Å². The Kier molecular flexibility index (Phi) is 7.13. The van der Waals surface area contributed by atoms with Gasteiger partial charge in [0.2, 0.25) is 0 Å². The van der Waals surface area contributed by atoms with E-state index in [0.717, 1.165) is 64.7 Å². The van der Waals surface area contributed by atoms with Crippen LogP contribution >= 0.6 is 0 Å². The van der Waals surface area contributed by atoms with Crippen LogP contribution in [0.4, 0.5) is 4.79 Å². The van der Waals surface area contributed by atoms with E-state index in [1.54, 1.807) is 0 Å². The van der Waals surface area contributed by atoms with Gasteiger partial charge < -0.3 is 14.4 Å². The molecule has 1 spiro atoms. The summed E-state index contributed by atoms with van der Waals surface area (Å²) in [5, 5.41) is 0. The Labute approximate surface area is 176 Å². The summed E-state index contributed by atoms with van der Waals surface area (Å²) in [6.07, 6.45) is 8.47. The number of hydrogen-bond acceptors (Lipinski definition) is 5. The Bertz CT molecular complexity index is 582. The van der Waals surface area contributed by atoms with Crippen LogP contribution in [0.2, 0.25) is 0 Å². The monoisotopic (exact) mass is 408 g/mol. The Morgan fingerprint density at radius 2 is 1.79 bits per heavy atom. The van der Waals surface area contributed by atoms with Crippen LogP contribution in [0.15, 0.2) is 0 Å². The van der Waals surface area contributed by atoms with E-state index in [-0.39, 0.29) is 23.5 Å². The third kappa shape index (κ3) is 5.65. The number of carbonyl (C=O) groups is 2. The lowest BCUT2D eigenvalue weighted by molar-refractivity contribution is -0.152. The van der Waals surface area contributed by atoms with E-state index < -0.39 is 5.60 Å². The van der Waals surface area contributed by atoms with Crippen molar-refractivity contribution in [3.63, 3.8) is 0 Å². The fourth-order valence-electron chi connectivity index (χ4n) is 5.27. The molecule has 0 aromatic carbocycles. The molecule has 2 heterocycles. The standard InChI is InChI=1S/C23H40N2O4/c1-5-6-15-28-20(26)19(18-9-7-8-10-18)24-13-11-23(16-24)12-14-25(17-23)21(27)29-22(2,3)4/h18-19H,5-17H2,1-4H3/t19-,23-/m0/s1. The number of ether oxygens (including phenoxy) is 2. The molecule has 1 aliphatic carbocycles. The van der Waals surface area contributed by atoms with Gasteiger partial charge in [-0.2, -0.15) is 0 Å². The first kappa shape index (κ1) is 22.4. The first-order valence-electron chi connectivity index (χ1n) is 11.6. The van der Waals surface area contributed by atoms with Gasteiger partial charge in [0.1, 0.15) is 11.6 Å². The van der Waals surface area contributed by atoms with Crippen molar-refractivity contribution in [3.8, 4) is 0 Å². The minimum Gasteiger partial charge on any atom is -0.465 e. The van der Waals surface area contributed by atoms with E-state index in [9.17, 15) is 9.59 Å². The van der Waals surface area contributed by atoms with E-state index in [4.69, 9.17) is 9.47 Å². The fraction of sp³-hybridized carbons (Fsp3) is 0.913. The zero-order valence-electron chi connectivity index (χ0n) is 18.9. The number of hydrogen-bond donors (Lipinski definition) is 0. The lowest BCUT2D eigenvalue weighted by atomic mass is 9.86. The second-order valence-electron chi connectivity index (χ2n) is 10.4. The highest BCUT2D eigenvalue weighted by Gasteiger charge is 2.49. The average molecular weight is 409 g/mol. The van der Waals surface area contributed by atoms with Crippen molar-refractivity contribution in [1.29, 1.82) is 0 Å². The molecule has 6 heteroatoms. The maximum atomic E-state index is 13.0. The van der Waals surface area contributed by atoms with Crippen LogP contribution in [0.5, 0.6) is 0 Å². The average Bonchev–Trinajstić information content (AvgIpc) is 3.37. The predicted molar refractivity (Wildman–Crippen MR) is 113 cm³/mol. The van der Waals surface area contributed by atoms with Gasteiger partial charge in [-0.1, -0.05) is 26.2 Å². The van der Waals surface area contributed by atoms with E-state index in [1.807, 2.05) is 25.7 Å². The van der Waals surface area contributed by atoms with E-state index in [2.05, 4.69) is 11.8 Å². The smallest absolute Gasteiger partial charge is 0.410 e. The number of likely N-dealkylation sites (tertiary alicyclic amines) is 2. The first-order valence-corrected chi connectivity index (χ1v) is 11.6. The van der Waals surface area contributed by atoms with Crippen molar-refractivity contribution >= 4 is 12.1 Å². The molecule has 0 unspecified atom stereocenters. The maximum absolute atomic E-state index is 13.0. The van der Waals surface area contributed by atoms with Crippen molar-refractivity contribution < 1.29 is 19.1 Å². The zero-order valence-corrected chi connectivity index (χ0v) is 18.9. The molecule has 6 nitrogen and oxygen atoms in total. The number of nitrogens with zero attached hydrogens (tertiary/aromatic N) is 2. The fourth-order valence-corrected chi connectivity index (χ4v) is 5.27. The topological polar surface area (TPSA) is 59.1 Å². The van der Waals surface area contributed by atoms with Gasteiger partial charge in [0, 0.05) is 25.0 Å². The highest BCUT2D eigenvalue weighted by molar-refractivity contribution is 5.76. The summed E-state index contributed by atoms with van der Waals surface area (Å²) in [6.45, 7) is 11.7. The Balaban J connectivity index is 1.62. The lowest BCUT2D eigenvalue weighted by Crippen LogP contribution is -2.46. The van der Waals surface area contributed by atoms with Gasteiger partial charge in [0.25, 0.3) is 0 Å². The largest absolute Gasteiger partial charge is 0.465 e. The molecular weight excluding hydrogens is 368 g/mol. The molecule has 1 saturated carbocycles. The van der Waals surface area contributed by atoms with E-state index >= 15 is 0 Å². The number of amides is 1. The highest BCUT2D eigenvalue weighted by Crippen LogP contribution is 2.43. The van der Waals surface area contributed by atoms with Crippen molar-refractivity contribution in [2.24, 2.45) is 11.3 Å². The molecule has 0 aromatic rings. The summed E-state index contributed by atoms with van der Waals surface area (Å²) in [6, 6.07) is -0.107. The van der Waals surface area contributed by atoms with Gasteiger partial charge in [-0.25, -0.2) is 4.79 Å². The van der Waals surface area contributed by atoms with Gasteiger partial charge in [-0.15, -0.1) is 0 Å². The minimum atomic E-state index is -0.468. The van der Waals surface area contributed by atoms with Crippen LogP contribution in [0.1, 0.15) is 79.1 Å². The molecule has 2 saturated heterocycles. The van der Waals surface area contributed by atoms with Crippen molar-refractivity contribution in [2.75, 3.05) is 32.8 Å². The minimum absolute atomic E-state index is 0.0237. The number of unbranched alkanes of at least 4 members (excludes halogenated alkanes) is 1. The van der Waals surface area contributed by atoms with Gasteiger partial charge in [0.05, 0.1) is 6.61 Å². The normalized spacial score (nSPS) is 27.0. The first-order chi connectivity index (χ1) is 13.7. The zero-order chi connectivity index (χ0) is 21.1. The van der Waals surface area contributed by atoms with Gasteiger partial charge >= 0.3 is 12.1 Å². The van der Waals surface area contributed by atoms with E-state index in [0.29, 0.717) is 12.5 Å². The van der Waals surface area contributed by atoms with Crippen LogP contribution in [0.25, 0.3) is 0 Å². The molecule has 0 N–H and O–H groups in total. The summed E-state index contributed by atoms with van der Waals surface area (Å²) in [5.41, 5.74) is -0.373. The van der Waals surface area contributed by atoms with Crippen molar-refractivity contribution in [3.05, 3.63) is 0 Å². The Morgan fingerprint density at radius 1 is 1.10 bits per heavy atom. The molecule has 3 fully saturated rings. The molecule has 166 valence electrons. The number of esters is 1. The maximum Gasteiger partial charge on any atom is 0.410 e. The number of carbonyl (C=O) groups excluding carboxylic acids is 2. The van der Waals surface area contributed by atoms with Gasteiger partial charge in [-0.05, 0) is 65.3 Å². The number of rotatable bonds is 6. The third-order valence-corrected chi connectivity index (χ3v) is 6.78. The summed E-state index contributed by atoms with van der Waals surface area (Å²) in [7, 11) is 0. The molecule has 0 aromatic heterocycles. The lowest BCUT2D eigenvalue weighted by Gasteiger charge is -2.32. The van der Waals surface area contributed by atoms with Crippen molar-refractivity contribution in [2.45, 2.75) is 90.7 Å². The summed E-state index contributed by atoms with van der Waals surface area (Å²) >= 11 is 0. The quantitative estimate of drug-likeness (QED) is 0.486. The highest BCUT2D eigenvalue weighted by atomic mass is 16.6. The van der Waals surface area contributed by atoms with Gasteiger partial charge in [-0.3, -0.25) is 9.69 Å². The van der Waals surface area contributed by atoms with Crippen LogP contribution in [0, 0.1) is 11.3 Å². The van der Waals surface area contributed by atoms with Crippen molar-refractivity contribution in [1.82, 2.24) is 9.80 Å². The second-order valence-corrected chi connectivity index (χ2v) is 10.4. The Morgan fingerprint density at radius 3 is 2.45 bits per heavy atom. The molecule has 0 radical (unpaired) electrons. The van der Waals surface area contributed by atoms with Crippen LogP contribution in [-0.2, 0) is 14.3 Å². The molecule has 2 aliphatic heterocycles. The SMILES string of the molecule is CCCCOC(=O)[C@H](C1CCCC1)N1CC[C@]2(CCN(C(=O)OC(C)(C)C)C2)C1. The molecule has 2 atom stereocenters. The molecule has 1 amide bonds. The molecule has 0 bridgehead atoms. The second kappa shape index (κ2) is 9.23. The van der Waals surface area contributed by atoms with E-state index in [1.165, 1.54) is 12.8 Å².